The van der Waals surface area contributed by atoms with Crippen LogP contribution in [-0.4, -0.2) is 18.2 Å². The van der Waals surface area contributed by atoms with Gasteiger partial charge in [-0.3, -0.25) is 0 Å². The number of epoxide rings is 1. The Labute approximate surface area is 56.4 Å². The minimum absolute atomic E-state index is 0.0377. The van der Waals surface area contributed by atoms with Crippen LogP contribution in [0.5, 0.6) is 0 Å². The van der Waals surface area contributed by atoms with Crippen LogP contribution in [0.15, 0.2) is 0 Å². The van der Waals surface area contributed by atoms with E-state index in [4.69, 9.17) is 10.5 Å². The third-order valence-electron chi connectivity index (χ3n) is 1.99. The molecule has 0 saturated carbocycles. The van der Waals surface area contributed by atoms with Crippen LogP contribution < -0.4 is 5.73 Å². The molecule has 9 heavy (non-hydrogen) atoms. The Balaban J connectivity index is 2.22. The third-order valence-corrected chi connectivity index (χ3v) is 1.99. The summed E-state index contributed by atoms with van der Waals surface area (Å²) in [6.07, 6.45) is 2.81. The first kappa shape index (κ1) is 7.03. The maximum Gasteiger partial charge on any atom is 0.104 e. The van der Waals surface area contributed by atoms with Gasteiger partial charge in [0, 0.05) is 6.54 Å². The second kappa shape index (κ2) is 2.27. The van der Waals surface area contributed by atoms with Gasteiger partial charge < -0.3 is 10.5 Å². The molecule has 1 rings (SSSR count). The summed E-state index contributed by atoms with van der Waals surface area (Å²) in [6, 6.07) is 0. The smallest absolute Gasteiger partial charge is 0.104 e. The summed E-state index contributed by atoms with van der Waals surface area (Å²) < 4.78 is 5.37. The summed E-state index contributed by atoms with van der Waals surface area (Å²) in [6.45, 7) is 4.91. The summed E-state index contributed by atoms with van der Waals surface area (Å²) in [5.74, 6) is 0. The van der Waals surface area contributed by atoms with Crippen molar-refractivity contribution in [3.05, 3.63) is 0 Å². The molecule has 2 nitrogen and oxygen atoms in total. The molecule has 0 bridgehead atoms. The standard InChI is InChI=1S/C7H15NO/c1-3-4-6-7(2,5-8)9-6/h6H,3-5,8H2,1-2H3. The van der Waals surface area contributed by atoms with Crippen LogP contribution >= 0.6 is 0 Å². The van der Waals surface area contributed by atoms with Gasteiger partial charge in [0.15, 0.2) is 0 Å². The molecule has 1 heterocycles. The SMILES string of the molecule is CCCC1OC1(C)CN. The molecule has 2 N–H and O–H groups in total. The zero-order valence-corrected chi connectivity index (χ0v) is 6.18. The fourth-order valence-electron chi connectivity index (χ4n) is 1.10. The quantitative estimate of drug-likeness (QED) is 0.575. The lowest BCUT2D eigenvalue weighted by atomic mass is 10.1. The van der Waals surface area contributed by atoms with Crippen LogP contribution in [0.4, 0.5) is 0 Å². The molecule has 2 atom stereocenters. The van der Waals surface area contributed by atoms with Crippen LogP contribution in [-0.2, 0) is 4.74 Å². The minimum atomic E-state index is 0.0377. The van der Waals surface area contributed by atoms with E-state index in [2.05, 4.69) is 13.8 Å². The van der Waals surface area contributed by atoms with Gasteiger partial charge in [-0.15, -0.1) is 0 Å². The van der Waals surface area contributed by atoms with Gasteiger partial charge in [0.25, 0.3) is 0 Å². The zero-order valence-electron chi connectivity index (χ0n) is 6.18. The Morgan fingerprint density at radius 1 is 1.67 bits per heavy atom. The Morgan fingerprint density at radius 3 is 2.67 bits per heavy atom. The maximum absolute atomic E-state index is 5.46. The van der Waals surface area contributed by atoms with E-state index in [0.717, 1.165) is 6.42 Å². The van der Waals surface area contributed by atoms with Crippen molar-refractivity contribution in [2.45, 2.75) is 38.4 Å². The molecule has 2 heteroatoms. The van der Waals surface area contributed by atoms with E-state index in [1.54, 1.807) is 0 Å². The number of rotatable bonds is 3. The van der Waals surface area contributed by atoms with Crippen LogP contribution in [0.2, 0.25) is 0 Å². The molecule has 1 saturated heterocycles. The topological polar surface area (TPSA) is 38.5 Å². The molecule has 0 aromatic rings. The first-order valence-corrected chi connectivity index (χ1v) is 3.61. The molecule has 2 unspecified atom stereocenters. The van der Waals surface area contributed by atoms with Crippen LogP contribution in [0.3, 0.4) is 0 Å². The number of hydrogen-bond donors (Lipinski definition) is 1. The molecule has 1 aliphatic rings. The van der Waals surface area contributed by atoms with E-state index in [0.29, 0.717) is 12.6 Å². The van der Waals surface area contributed by atoms with Gasteiger partial charge in [-0.1, -0.05) is 13.3 Å². The minimum Gasteiger partial charge on any atom is -0.365 e. The second-order valence-corrected chi connectivity index (χ2v) is 2.91. The molecule has 0 aromatic carbocycles. The maximum atomic E-state index is 5.46. The Bertz CT molecular complexity index is 103. The van der Waals surface area contributed by atoms with Crippen molar-refractivity contribution < 1.29 is 4.74 Å². The van der Waals surface area contributed by atoms with Gasteiger partial charge in [-0.2, -0.15) is 0 Å². The van der Waals surface area contributed by atoms with Gasteiger partial charge in [-0.05, 0) is 13.3 Å². The van der Waals surface area contributed by atoms with Crippen LogP contribution in [0, 0.1) is 0 Å². The van der Waals surface area contributed by atoms with Crippen LogP contribution in [0.1, 0.15) is 26.7 Å². The van der Waals surface area contributed by atoms with E-state index in [-0.39, 0.29) is 5.60 Å². The van der Waals surface area contributed by atoms with E-state index >= 15 is 0 Å². The number of hydrogen-bond acceptors (Lipinski definition) is 2. The summed E-state index contributed by atoms with van der Waals surface area (Å²) in [7, 11) is 0. The van der Waals surface area contributed by atoms with Crippen molar-refractivity contribution in [1.29, 1.82) is 0 Å². The molecule has 54 valence electrons. The molecule has 1 aliphatic heterocycles. The fraction of sp³-hybridized carbons (Fsp3) is 1.00. The van der Waals surface area contributed by atoms with Crippen molar-refractivity contribution in [3.8, 4) is 0 Å². The van der Waals surface area contributed by atoms with Gasteiger partial charge in [0.05, 0.1) is 6.10 Å². The van der Waals surface area contributed by atoms with Crippen molar-refractivity contribution >= 4 is 0 Å². The Morgan fingerprint density at radius 2 is 2.33 bits per heavy atom. The number of nitrogens with two attached hydrogens (primary N) is 1. The molecular formula is C7H15NO. The predicted molar refractivity (Wildman–Crippen MR) is 37.2 cm³/mol. The van der Waals surface area contributed by atoms with E-state index in [1.165, 1.54) is 6.42 Å². The normalized spacial score (nSPS) is 41.0. The fourth-order valence-corrected chi connectivity index (χ4v) is 1.10. The van der Waals surface area contributed by atoms with Crippen molar-refractivity contribution in [1.82, 2.24) is 0 Å². The van der Waals surface area contributed by atoms with E-state index in [1.807, 2.05) is 0 Å². The summed E-state index contributed by atoms with van der Waals surface area (Å²) in [5.41, 5.74) is 5.50. The second-order valence-electron chi connectivity index (χ2n) is 2.91. The highest BCUT2D eigenvalue weighted by Gasteiger charge is 2.49. The van der Waals surface area contributed by atoms with Gasteiger partial charge >= 0.3 is 0 Å². The van der Waals surface area contributed by atoms with Crippen molar-refractivity contribution in [2.24, 2.45) is 5.73 Å². The average molecular weight is 129 g/mol. The molecular weight excluding hydrogens is 114 g/mol. The highest BCUT2D eigenvalue weighted by molar-refractivity contribution is 4.99. The highest BCUT2D eigenvalue weighted by atomic mass is 16.6. The lowest BCUT2D eigenvalue weighted by Gasteiger charge is -1.97. The van der Waals surface area contributed by atoms with Gasteiger partial charge in [0.2, 0.25) is 0 Å². The third kappa shape index (κ3) is 1.25. The monoisotopic (exact) mass is 129 g/mol. The predicted octanol–water partition coefficient (Wildman–Crippen LogP) is 0.903. The van der Waals surface area contributed by atoms with Gasteiger partial charge in [-0.25, -0.2) is 0 Å². The lowest BCUT2D eigenvalue weighted by molar-refractivity contribution is 0.309. The molecule has 0 spiro atoms. The molecule has 1 fully saturated rings. The van der Waals surface area contributed by atoms with Crippen LogP contribution in [0.25, 0.3) is 0 Å². The number of ether oxygens (including phenoxy) is 1. The summed E-state index contributed by atoms with van der Waals surface area (Å²) in [4.78, 5) is 0. The summed E-state index contributed by atoms with van der Waals surface area (Å²) >= 11 is 0. The Kier molecular flexibility index (Phi) is 1.78. The first-order chi connectivity index (χ1) is 4.23. The largest absolute Gasteiger partial charge is 0.365 e. The highest BCUT2D eigenvalue weighted by Crippen LogP contribution is 2.37. The lowest BCUT2D eigenvalue weighted by Crippen LogP contribution is -2.22. The van der Waals surface area contributed by atoms with E-state index in [9.17, 15) is 0 Å². The molecule has 0 aromatic heterocycles. The summed E-state index contributed by atoms with van der Waals surface area (Å²) in [5, 5.41) is 0. The van der Waals surface area contributed by atoms with Crippen molar-refractivity contribution in [3.63, 3.8) is 0 Å². The molecule has 0 radical (unpaired) electrons. The Hall–Kier alpha value is -0.0800. The first-order valence-electron chi connectivity index (χ1n) is 3.61. The molecule has 0 aliphatic carbocycles. The zero-order chi connectivity index (χ0) is 6.91. The average Bonchev–Trinajstić information content (AvgIpc) is 2.46. The van der Waals surface area contributed by atoms with Gasteiger partial charge in [0.1, 0.15) is 5.60 Å². The van der Waals surface area contributed by atoms with E-state index < -0.39 is 0 Å². The molecule has 0 amide bonds. The van der Waals surface area contributed by atoms with Crippen molar-refractivity contribution in [2.75, 3.05) is 6.54 Å².